The van der Waals surface area contributed by atoms with Crippen LogP contribution in [0.3, 0.4) is 0 Å². The van der Waals surface area contributed by atoms with Gasteiger partial charge in [0.2, 0.25) is 5.91 Å². The molecule has 45 heavy (non-hydrogen) atoms. The van der Waals surface area contributed by atoms with Gasteiger partial charge in [-0.2, -0.15) is 26.3 Å². The van der Waals surface area contributed by atoms with E-state index in [1.165, 1.54) is 30.9 Å². The van der Waals surface area contributed by atoms with E-state index in [0.29, 0.717) is 43.4 Å². The number of carboxylic acids is 1. The van der Waals surface area contributed by atoms with Crippen LogP contribution in [0.1, 0.15) is 62.6 Å². The second-order valence-electron chi connectivity index (χ2n) is 12.4. The van der Waals surface area contributed by atoms with E-state index in [9.17, 15) is 54.4 Å². The number of nitrogens with zero attached hydrogens (tertiary/aromatic N) is 1. The Morgan fingerprint density at radius 3 is 1.98 bits per heavy atom. The maximum atomic E-state index is 14.8. The molecule has 1 N–H and O–H groups in total. The summed E-state index contributed by atoms with van der Waals surface area (Å²) in [7, 11) is 0. The van der Waals surface area contributed by atoms with Crippen LogP contribution in [-0.2, 0) is 37.6 Å². The molecule has 2 aromatic rings. The Balaban J connectivity index is 1.72. The van der Waals surface area contributed by atoms with Crippen LogP contribution in [0.4, 0.5) is 35.1 Å². The van der Waals surface area contributed by atoms with E-state index in [1.807, 2.05) is 0 Å². The number of hydrogen-bond acceptors (Lipinski definition) is 3. The summed E-state index contributed by atoms with van der Waals surface area (Å²) < 4.78 is 122. The summed E-state index contributed by atoms with van der Waals surface area (Å²) in [5, 5.41) is 9.28. The zero-order valence-electron chi connectivity index (χ0n) is 24.5. The highest BCUT2D eigenvalue weighted by atomic mass is 32.2. The van der Waals surface area contributed by atoms with Crippen molar-refractivity contribution in [2.24, 2.45) is 11.8 Å². The fourth-order valence-electron chi connectivity index (χ4n) is 6.28. The van der Waals surface area contributed by atoms with Crippen molar-refractivity contribution in [2.45, 2.75) is 85.7 Å². The van der Waals surface area contributed by atoms with Gasteiger partial charge in [0.05, 0.1) is 12.5 Å². The first kappa shape index (κ1) is 35.0. The molecule has 2 unspecified atom stereocenters. The van der Waals surface area contributed by atoms with Crippen molar-refractivity contribution in [3.8, 4) is 0 Å². The smallest absolute Gasteiger partial charge is 0.435 e. The van der Waals surface area contributed by atoms with E-state index in [0.717, 1.165) is 12.1 Å². The maximum absolute atomic E-state index is 14.8. The standard InChI is InChI=1S/C31H33F8NO4S/c1-27(2,32)17-19-4-3-5-24(16-19)45(44)28(14-15-40(18-28)25(41)20-6-8-21(9-7-20)26(42)43)22-10-12-23(13-11-22)29(33,30(34,35)36)31(37,38)39/h3-5,10-13,16,20-21H,6-9,14-15,17-18H2,1-2H3,(H,42,43). The first-order chi connectivity index (χ1) is 20.7. The van der Waals surface area contributed by atoms with E-state index in [1.54, 1.807) is 12.1 Å². The summed E-state index contributed by atoms with van der Waals surface area (Å²) >= 11 is -2.06. The molecule has 2 aromatic carbocycles. The maximum Gasteiger partial charge on any atom is 0.435 e. The van der Waals surface area contributed by atoms with Gasteiger partial charge in [-0.1, -0.05) is 36.4 Å². The van der Waals surface area contributed by atoms with Crippen LogP contribution in [0.15, 0.2) is 53.4 Å². The number of hydrogen-bond donors (Lipinski definition) is 1. The molecule has 248 valence electrons. The van der Waals surface area contributed by atoms with Crippen molar-refractivity contribution in [1.82, 2.24) is 4.90 Å². The first-order valence-corrected chi connectivity index (χ1v) is 15.5. The van der Waals surface area contributed by atoms with Crippen molar-refractivity contribution in [2.75, 3.05) is 13.1 Å². The molecule has 0 aromatic heterocycles. The molecule has 14 heteroatoms. The monoisotopic (exact) mass is 667 g/mol. The highest BCUT2D eigenvalue weighted by Crippen LogP contribution is 2.54. The van der Waals surface area contributed by atoms with E-state index in [2.05, 4.69) is 0 Å². The molecule has 0 spiro atoms. The molecular weight excluding hydrogens is 634 g/mol. The lowest BCUT2D eigenvalue weighted by atomic mass is 9.81. The Kier molecular flexibility index (Phi) is 9.63. The third-order valence-corrected chi connectivity index (χ3v) is 10.6. The summed E-state index contributed by atoms with van der Waals surface area (Å²) in [5.74, 6) is -2.35. The van der Waals surface area contributed by atoms with Gasteiger partial charge < -0.3 is 14.6 Å². The first-order valence-electron chi connectivity index (χ1n) is 14.3. The lowest BCUT2D eigenvalue weighted by Gasteiger charge is -2.34. The van der Waals surface area contributed by atoms with E-state index in [-0.39, 0.29) is 42.3 Å². The molecule has 0 radical (unpaired) electrons. The number of carbonyl (C=O) groups is 2. The second kappa shape index (κ2) is 12.4. The van der Waals surface area contributed by atoms with Gasteiger partial charge in [-0.15, -0.1) is 0 Å². The van der Waals surface area contributed by atoms with Gasteiger partial charge in [-0.3, -0.25) is 9.59 Å². The van der Waals surface area contributed by atoms with Gasteiger partial charge in [-0.25, -0.2) is 8.78 Å². The van der Waals surface area contributed by atoms with Crippen molar-refractivity contribution in [1.29, 1.82) is 0 Å². The van der Waals surface area contributed by atoms with Gasteiger partial charge >= 0.3 is 24.0 Å². The lowest BCUT2D eigenvalue weighted by molar-refractivity contribution is -0.348. The Bertz CT molecular complexity index is 1370. The predicted molar refractivity (Wildman–Crippen MR) is 149 cm³/mol. The van der Waals surface area contributed by atoms with Crippen LogP contribution in [0.5, 0.6) is 0 Å². The Morgan fingerprint density at radius 2 is 1.47 bits per heavy atom. The number of carboxylic acid groups (broad SMARTS) is 1. The summed E-state index contributed by atoms with van der Waals surface area (Å²) in [5.41, 5.74) is -8.42. The number of rotatable bonds is 8. The SMILES string of the molecule is CC(C)(F)Cc1cccc([S+]([O-])C2(c3ccc(C(F)(C(F)(F)F)C(F)(F)F)cc3)CCN(C(=O)C3CCC(C(=O)O)CC3)C2)c1. The molecule has 1 heterocycles. The average molecular weight is 668 g/mol. The highest BCUT2D eigenvalue weighted by molar-refractivity contribution is 7.92. The van der Waals surface area contributed by atoms with Crippen molar-refractivity contribution < 1.29 is 54.4 Å². The van der Waals surface area contributed by atoms with Gasteiger partial charge in [0.1, 0.15) is 5.67 Å². The molecule has 2 aliphatic rings. The molecule has 1 saturated heterocycles. The zero-order valence-corrected chi connectivity index (χ0v) is 25.3. The summed E-state index contributed by atoms with van der Waals surface area (Å²) in [4.78, 5) is 26.5. The normalized spacial score (nSPS) is 24.0. The van der Waals surface area contributed by atoms with Crippen LogP contribution < -0.4 is 0 Å². The van der Waals surface area contributed by atoms with Crippen LogP contribution in [0.25, 0.3) is 0 Å². The molecule has 1 aliphatic carbocycles. The molecule has 2 fully saturated rings. The third-order valence-electron chi connectivity index (χ3n) is 8.65. The predicted octanol–water partition coefficient (Wildman–Crippen LogP) is 7.39. The summed E-state index contributed by atoms with van der Waals surface area (Å²) in [6.07, 6.45) is -11.4. The molecule has 1 amide bonds. The Morgan fingerprint density at radius 1 is 0.911 bits per heavy atom. The molecule has 4 rings (SSSR count). The van der Waals surface area contributed by atoms with Crippen LogP contribution in [-0.4, -0.2) is 57.5 Å². The lowest BCUT2D eigenvalue weighted by Crippen LogP contribution is -2.50. The summed E-state index contributed by atoms with van der Waals surface area (Å²) in [6.45, 7) is 2.56. The minimum absolute atomic E-state index is 0.00725. The Labute approximate surface area is 258 Å². The van der Waals surface area contributed by atoms with E-state index in [4.69, 9.17) is 0 Å². The van der Waals surface area contributed by atoms with Gasteiger partial charge in [0.15, 0.2) is 9.64 Å². The zero-order chi connectivity index (χ0) is 33.6. The number of halogens is 8. The van der Waals surface area contributed by atoms with Crippen LogP contribution in [0, 0.1) is 11.8 Å². The molecule has 1 aliphatic heterocycles. The van der Waals surface area contributed by atoms with Gasteiger partial charge in [-0.05, 0) is 68.4 Å². The van der Waals surface area contributed by atoms with Crippen LogP contribution >= 0.6 is 0 Å². The molecular formula is C31H33F8NO4S. The molecule has 0 bridgehead atoms. The number of amides is 1. The fourth-order valence-corrected chi connectivity index (χ4v) is 8.09. The van der Waals surface area contributed by atoms with Crippen molar-refractivity contribution in [3.05, 3.63) is 65.2 Å². The number of alkyl halides is 8. The minimum Gasteiger partial charge on any atom is -0.611 e. The quantitative estimate of drug-likeness (QED) is 0.235. The average Bonchev–Trinajstić information content (AvgIpc) is 3.41. The number of carbonyl (C=O) groups excluding carboxylic acids is 1. The number of benzene rings is 2. The highest BCUT2D eigenvalue weighted by Gasteiger charge is 2.73. The fraction of sp³-hybridized carbons (Fsp3) is 0.548. The number of aliphatic carboxylic acids is 1. The van der Waals surface area contributed by atoms with Crippen molar-refractivity contribution in [3.63, 3.8) is 0 Å². The largest absolute Gasteiger partial charge is 0.611 e. The van der Waals surface area contributed by atoms with Crippen molar-refractivity contribution >= 4 is 23.1 Å². The third kappa shape index (κ3) is 6.96. The van der Waals surface area contributed by atoms with Gasteiger partial charge in [0.25, 0.3) is 0 Å². The van der Waals surface area contributed by atoms with E-state index < -0.39 is 63.0 Å². The molecule has 5 nitrogen and oxygen atoms in total. The Hall–Kier alpha value is -2.87. The number of likely N-dealkylation sites (tertiary alicyclic amines) is 1. The second-order valence-corrected chi connectivity index (χ2v) is 14.2. The van der Waals surface area contributed by atoms with Crippen LogP contribution in [0.2, 0.25) is 0 Å². The van der Waals surface area contributed by atoms with E-state index >= 15 is 0 Å². The van der Waals surface area contributed by atoms with Gasteiger partial charge in [0, 0.05) is 36.4 Å². The summed E-state index contributed by atoms with van der Waals surface area (Å²) in [6, 6.07) is 8.66. The minimum atomic E-state index is -6.31. The topological polar surface area (TPSA) is 80.7 Å². The molecule has 1 saturated carbocycles. The molecule has 2 atom stereocenters.